The van der Waals surface area contributed by atoms with Gasteiger partial charge in [-0.15, -0.1) is 0 Å². The third kappa shape index (κ3) is 7.28. The first-order chi connectivity index (χ1) is 20.9. The van der Waals surface area contributed by atoms with Gasteiger partial charge in [0, 0.05) is 67.5 Å². The van der Waals surface area contributed by atoms with Gasteiger partial charge in [-0.2, -0.15) is 0 Å². The van der Waals surface area contributed by atoms with Gasteiger partial charge in [-0.3, -0.25) is 19.1 Å². The van der Waals surface area contributed by atoms with E-state index in [1.54, 1.807) is 35.9 Å². The number of carbonyl (C=O) groups is 2. The summed E-state index contributed by atoms with van der Waals surface area (Å²) in [4.78, 5) is 32.0. The number of piperazine rings is 1. The van der Waals surface area contributed by atoms with E-state index in [1.807, 2.05) is 55.5 Å². The van der Waals surface area contributed by atoms with Crippen LogP contribution in [0.15, 0.2) is 72.8 Å². The minimum Gasteiger partial charge on any atom is -0.497 e. The maximum atomic E-state index is 13.7. The van der Waals surface area contributed by atoms with Crippen LogP contribution >= 0.6 is 11.6 Å². The highest BCUT2D eigenvalue weighted by Gasteiger charge is 2.26. The standard InChI is InChI=1S/C34H38ClN3O5/c1-24-29(30-21-28(42-2)13-14-31(30)38(24)34(41)26-9-11-27(35)12-10-26)22-33(40)43-32(25-7-4-3-5-8-25)23-37-18-16-36(17-19-37)15-6-20-39/h3-5,7-14,21,32,39H,6,15-20,22-23H2,1-2H3. The van der Waals surface area contributed by atoms with E-state index < -0.39 is 6.10 Å². The molecule has 3 aromatic carbocycles. The Bertz CT molecular complexity index is 1550. The number of ether oxygens (including phenoxy) is 2. The van der Waals surface area contributed by atoms with E-state index in [0.29, 0.717) is 34.1 Å². The zero-order chi connectivity index (χ0) is 30.3. The number of hydrogen-bond acceptors (Lipinski definition) is 7. The van der Waals surface area contributed by atoms with Crippen LogP contribution in [-0.2, 0) is 16.0 Å². The molecule has 1 fully saturated rings. The summed E-state index contributed by atoms with van der Waals surface area (Å²) < 4.78 is 13.3. The lowest BCUT2D eigenvalue weighted by Gasteiger charge is -2.36. The second-order valence-electron chi connectivity index (χ2n) is 10.9. The summed E-state index contributed by atoms with van der Waals surface area (Å²) in [5, 5.41) is 10.5. The smallest absolute Gasteiger partial charge is 0.311 e. The summed E-state index contributed by atoms with van der Waals surface area (Å²) in [5.74, 6) is 0.0714. The fourth-order valence-electron chi connectivity index (χ4n) is 5.74. The number of aliphatic hydroxyl groups excluding tert-OH is 1. The summed E-state index contributed by atoms with van der Waals surface area (Å²) in [7, 11) is 1.59. The number of benzene rings is 3. The quantitative estimate of drug-likeness (QED) is 0.238. The predicted molar refractivity (Wildman–Crippen MR) is 168 cm³/mol. The summed E-state index contributed by atoms with van der Waals surface area (Å²) in [6, 6.07) is 22.1. The number of rotatable bonds is 11. The van der Waals surface area contributed by atoms with Crippen molar-refractivity contribution < 1.29 is 24.2 Å². The van der Waals surface area contributed by atoms with E-state index in [1.165, 1.54) is 0 Å². The van der Waals surface area contributed by atoms with Crippen LogP contribution in [0.2, 0.25) is 5.02 Å². The van der Waals surface area contributed by atoms with E-state index in [-0.39, 0.29) is 24.9 Å². The van der Waals surface area contributed by atoms with Crippen molar-refractivity contribution in [3.63, 3.8) is 0 Å². The van der Waals surface area contributed by atoms with Gasteiger partial charge >= 0.3 is 5.97 Å². The third-order valence-corrected chi connectivity index (χ3v) is 8.38. The largest absolute Gasteiger partial charge is 0.497 e. The molecular formula is C34H38ClN3O5. The van der Waals surface area contributed by atoms with E-state index in [0.717, 1.165) is 55.7 Å². The van der Waals surface area contributed by atoms with Gasteiger partial charge in [0.2, 0.25) is 0 Å². The van der Waals surface area contributed by atoms with Gasteiger partial charge in [0.05, 0.1) is 19.0 Å². The Morgan fingerprint density at radius 1 is 0.953 bits per heavy atom. The molecule has 1 aromatic heterocycles. The number of fused-ring (bicyclic) bond motifs is 1. The molecule has 1 N–H and O–H groups in total. The molecule has 0 aliphatic carbocycles. The molecule has 1 aliphatic rings. The van der Waals surface area contributed by atoms with Gasteiger partial charge < -0.3 is 19.5 Å². The number of aromatic nitrogens is 1. The van der Waals surface area contributed by atoms with Gasteiger partial charge in [-0.25, -0.2) is 0 Å². The van der Waals surface area contributed by atoms with Crippen LogP contribution in [0.1, 0.15) is 39.7 Å². The molecule has 9 heteroatoms. The van der Waals surface area contributed by atoms with Gasteiger partial charge in [0.25, 0.3) is 5.91 Å². The van der Waals surface area contributed by atoms with Crippen LogP contribution in [0, 0.1) is 6.92 Å². The Hall–Kier alpha value is -3.69. The van der Waals surface area contributed by atoms with Gasteiger partial charge in [-0.1, -0.05) is 41.9 Å². The van der Waals surface area contributed by atoms with Crippen molar-refractivity contribution in [2.24, 2.45) is 0 Å². The normalized spacial score (nSPS) is 15.0. The number of hydrogen-bond donors (Lipinski definition) is 1. The number of nitrogens with zero attached hydrogens (tertiary/aromatic N) is 3. The highest BCUT2D eigenvalue weighted by atomic mass is 35.5. The lowest BCUT2D eigenvalue weighted by Crippen LogP contribution is -2.48. The second kappa shape index (κ2) is 14.2. The molecule has 2 heterocycles. The number of aliphatic hydroxyl groups is 1. The Morgan fingerprint density at radius 3 is 2.33 bits per heavy atom. The van der Waals surface area contributed by atoms with Crippen molar-refractivity contribution in [3.8, 4) is 5.75 Å². The van der Waals surface area contributed by atoms with Crippen molar-refractivity contribution in [1.82, 2.24) is 14.4 Å². The number of halogens is 1. The van der Waals surface area contributed by atoms with Crippen LogP contribution in [0.5, 0.6) is 5.75 Å². The van der Waals surface area contributed by atoms with E-state index in [9.17, 15) is 9.59 Å². The Balaban J connectivity index is 1.39. The monoisotopic (exact) mass is 603 g/mol. The molecule has 8 nitrogen and oxygen atoms in total. The zero-order valence-electron chi connectivity index (χ0n) is 24.7. The molecule has 1 saturated heterocycles. The van der Waals surface area contributed by atoms with E-state index in [4.69, 9.17) is 26.2 Å². The molecule has 1 unspecified atom stereocenters. The molecule has 226 valence electrons. The van der Waals surface area contributed by atoms with Crippen molar-refractivity contribution in [2.75, 3.05) is 53.0 Å². The molecule has 0 radical (unpaired) electrons. The summed E-state index contributed by atoms with van der Waals surface area (Å²) in [6.07, 6.45) is 0.350. The minimum absolute atomic E-state index is 0.00860. The summed E-state index contributed by atoms with van der Waals surface area (Å²) >= 11 is 6.06. The summed E-state index contributed by atoms with van der Waals surface area (Å²) in [5.41, 5.74) is 3.54. The van der Waals surface area contributed by atoms with Crippen LogP contribution < -0.4 is 4.74 Å². The number of carbonyl (C=O) groups excluding carboxylic acids is 2. The molecule has 5 rings (SSSR count). The Kier molecular flexibility index (Phi) is 10.1. The van der Waals surface area contributed by atoms with E-state index in [2.05, 4.69) is 9.80 Å². The lowest BCUT2D eigenvalue weighted by molar-refractivity contribution is -0.149. The Labute approximate surface area is 257 Å². The summed E-state index contributed by atoms with van der Waals surface area (Å²) in [6.45, 7) is 7.10. The fraction of sp³-hybridized carbons (Fsp3) is 0.353. The topological polar surface area (TPSA) is 84.2 Å². The molecule has 0 bridgehead atoms. The van der Waals surface area contributed by atoms with Crippen LogP contribution in [0.4, 0.5) is 0 Å². The van der Waals surface area contributed by atoms with Crippen molar-refractivity contribution >= 4 is 34.4 Å². The minimum atomic E-state index is -0.434. The van der Waals surface area contributed by atoms with Crippen molar-refractivity contribution in [2.45, 2.75) is 25.9 Å². The highest BCUT2D eigenvalue weighted by Crippen LogP contribution is 2.32. The predicted octanol–water partition coefficient (Wildman–Crippen LogP) is 5.13. The number of esters is 1. The molecule has 0 saturated carbocycles. The van der Waals surface area contributed by atoms with Gasteiger partial charge in [0.15, 0.2) is 0 Å². The van der Waals surface area contributed by atoms with E-state index >= 15 is 0 Å². The molecule has 1 atom stereocenters. The van der Waals surface area contributed by atoms with Crippen molar-refractivity contribution in [1.29, 1.82) is 0 Å². The highest BCUT2D eigenvalue weighted by molar-refractivity contribution is 6.30. The van der Waals surface area contributed by atoms with Crippen molar-refractivity contribution in [3.05, 3.63) is 100 Å². The first kappa shape index (κ1) is 30.8. The Morgan fingerprint density at radius 2 is 1.65 bits per heavy atom. The van der Waals surface area contributed by atoms with Crippen LogP contribution in [-0.4, -0.2) is 84.3 Å². The zero-order valence-corrected chi connectivity index (χ0v) is 25.4. The second-order valence-corrected chi connectivity index (χ2v) is 11.3. The number of methoxy groups -OCH3 is 1. The molecule has 4 aromatic rings. The third-order valence-electron chi connectivity index (χ3n) is 8.12. The molecule has 1 aliphatic heterocycles. The van der Waals surface area contributed by atoms with Gasteiger partial charge in [0.1, 0.15) is 11.9 Å². The first-order valence-corrected chi connectivity index (χ1v) is 15.0. The molecular weight excluding hydrogens is 566 g/mol. The maximum Gasteiger partial charge on any atom is 0.311 e. The van der Waals surface area contributed by atoms with Crippen LogP contribution in [0.3, 0.4) is 0 Å². The van der Waals surface area contributed by atoms with Crippen LogP contribution in [0.25, 0.3) is 10.9 Å². The lowest BCUT2D eigenvalue weighted by atomic mass is 10.1. The average Bonchev–Trinajstić information content (AvgIpc) is 3.30. The first-order valence-electron chi connectivity index (χ1n) is 14.7. The SMILES string of the molecule is COc1ccc2c(c1)c(CC(=O)OC(CN1CCN(CCCO)CC1)c1ccccc1)c(C)n2C(=O)c1ccc(Cl)cc1. The fourth-order valence-corrected chi connectivity index (χ4v) is 5.87. The van der Waals surface area contributed by atoms with Gasteiger partial charge in [-0.05, 0) is 66.9 Å². The molecule has 0 spiro atoms. The maximum absolute atomic E-state index is 13.7. The average molecular weight is 604 g/mol. The molecule has 43 heavy (non-hydrogen) atoms. The molecule has 0 amide bonds.